The molecule has 0 aromatic heterocycles. The number of hydrogen-bond donors (Lipinski definition) is 1. The van der Waals surface area contributed by atoms with E-state index in [1.165, 1.54) is 24.0 Å². The normalized spacial score (nSPS) is 12.5. The average molecular weight is 516 g/mol. The largest absolute Gasteiger partial charge is 0.350 e. The van der Waals surface area contributed by atoms with Crippen molar-refractivity contribution in [3.8, 4) is 0 Å². The van der Waals surface area contributed by atoms with E-state index in [-0.39, 0.29) is 23.9 Å². The smallest absolute Gasteiger partial charge is 0.244 e. The molecule has 1 atom stereocenters. The molecule has 0 heterocycles. The molecule has 0 unspecified atom stereocenters. The molecule has 2 aromatic rings. The molecule has 2 rings (SSSR count). The fourth-order valence-electron chi connectivity index (χ4n) is 3.87. The second-order valence-electron chi connectivity index (χ2n) is 10.1. The van der Waals surface area contributed by atoms with Crippen LogP contribution in [0.25, 0.3) is 0 Å². The first-order chi connectivity index (χ1) is 16.6. The third-order valence-corrected chi connectivity index (χ3v) is 6.68. The Balaban J connectivity index is 2.50. The van der Waals surface area contributed by atoms with E-state index in [2.05, 4.69) is 5.32 Å². The first kappa shape index (κ1) is 29.0. The minimum Gasteiger partial charge on any atom is -0.350 e. The van der Waals surface area contributed by atoms with Crippen molar-refractivity contribution in [1.29, 1.82) is 0 Å². The van der Waals surface area contributed by atoms with E-state index < -0.39 is 34.1 Å². The Bertz CT molecular complexity index is 1220. The van der Waals surface area contributed by atoms with Gasteiger partial charge < -0.3 is 10.2 Å². The lowest BCUT2D eigenvalue weighted by Crippen LogP contribution is -2.55. The van der Waals surface area contributed by atoms with Crippen LogP contribution in [0.1, 0.15) is 62.5 Å². The SMILES string of the molecule is CC[C@H](C(=O)NC(C)(C)C)N(Cc1cccc(C)c1)C(=O)CN(c1cccc(C(C)=O)c1)S(C)(=O)=O. The zero-order valence-corrected chi connectivity index (χ0v) is 23.0. The van der Waals surface area contributed by atoms with Gasteiger partial charge in [0.2, 0.25) is 21.8 Å². The Kier molecular flexibility index (Phi) is 9.43. The molecule has 0 aliphatic carbocycles. The fraction of sp³-hybridized carbons (Fsp3) is 0.444. The molecule has 2 aromatic carbocycles. The Morgan fingerprint density at radius 2 is 1.67 bits per heavy atom. The number of amides is 2. The number of carbonyl (C=O) groups excluding carboxylic acids is 3. The van der Waals surface area contributed by atoms with Crippen molar-refractivity contribution in [3.05, 3.63) is 65.2 Å². The van der Waals surface area contributed by atoms with Crippen LogP contribution >= 0.6 is 0 Å². The van der Waals surface area contributed by atoms with Crippen LogP contribution in [0.5, 0.6) is 0 Å². The fourth-order valence-corrected chi connectivity index (χ4v) is 4.71. The lowest BCUT2D eigenvalue weighted by Gasteiger charge is -2.34. The Morgan fingerprint density at radius 1 is 1.03 bits per heavy atom. The summed E-state index contributed by atoms with van der Waals surface area (Å²) in [4.78, 5) is 40.2. The molecule has 0 fully saturated rings. The average Bonchev–Trinajstić information content (AvgIpc) is 2.75. The maximum atomic E-state index is 13.7. The lowest BCUT2D eigenvalue weighted by atomic mass is 10.0. The summed E-state index contributed by atoms with van der Waals surface area (Å²) in [6.07, 6.45) is 1.35. The van der Waals surface area contributed by atoms with Crippen LogP contribution in [0.4, 0.5) is 5.69 Å². The van der Waals surface area contributed by atoms with Crippen molar-refractivity contribution >= 4 is 33.3 Å². The Morgan fingerprint density at radius 3 is 2.19 bits per heavy atom. The number of nitrogens with one attached hydrogen (secondary N) is 1. The number of rotatable bonds is 10. The molecule has 196 valence electrons. The molecule has 8 nitrogen and oxygen atoms in total. The third-order valence-electron chi connectivity index (χ3n) is 5.54. The van der Waals surface area contributed by atoms with Gasteiger partial charge in [-0.3, -0.25) is 18.7 Å². The number of anilines is 1. The molecule has 0 aliphatic rings. The number of nitrogens with zero attached hydrogens (tertiary/aromatic N) is 2. The summed E-state index contributed by atoms with van der Waals surface area (Å²) < 4.78 is 26.4. The molecule has 0 saturated heterocycles. The second-order valence-corrected chi connectivity index (χ2v) is 12.0. The first-order valence-electron chi connectivity index (χ1n) is 11.9. The van der Waals surface area contributed by atoms with E-state index in [0.29, 0.717) is 12.0 Å². The highest BCUT2D eigenvalue weighted by atomic mass is 32.2. The van der Waals surface area contributed by atoms with Crippen LogP contribution in [0.2, 0.25) is 0 Å². The van der Waals surface area contributed by atoms with Gasteiger partial charge in [0.15, 0.2) is 5.78 Å². The highest BCUT2D eigenvalue weighted by Crippen LogP contribution is 2.22. The van der Waals surface area contributed by atoms with Gasteiger partial charge in [0.05, 0.1) is 11.9 Å². The van der Waals surface area contributed by atoms with Crippen molar-refractivity contribution in [2.75, 3.05) is 17.1 Å². The molecule has 1 N–H and O–H groups in total. The van der Waals surface area contributed by atoms with Gasteiger partial charge in [0, 0.05) is 17.6 Å². The van der Waals surface area contributed by atoms with Crippen molar-refractivity contribution in [1.82, 2.24) is 10.2 Å². The number of carbonyl (C=O) groups is 3. The summed E-state index contributed by atoms with van der Waals surface area (Å²) in [5.41, 5.74) is 1.87. The molecule has 9 heteroatoms. The van der Waals surface area contributed by atoms with Crippen LogP contribution in [0.15, 0.2) is 48.5 Å². The van der Waals surface area contributed by atoms with Crippen molar-refractivity contribution in [3.63, 3.8) is 0 Å². The molecule has 0 radical (unpaired) electrons. The number of benzene rings is 2. The zero-order valence-electron chi connectivity index (χ0n) is 22.2. The standard InChI is InChI=1S/C27H37N3O5S/c1-8-24(26(33)28-27(4,5)6)29(17-21-12-9-11-19(2)15-21)25(32)18-30(36(7,34)35)23-14-10-13-22(16-23)20(3)31/h9-16,24H,8,17-18H2,1-7H3,(H,28,33)/t24-/m1/s1. The van der Waals surface area contributed by atoms with E-state index >= 15 is 0 Å². The highest BCUT2D eigenvalue weighted by molar-refractivity contribution is 7.92. The maximum Gasteiger partial charge on any atom is 0.244 e. The second kappa shape index (κ2) is 11.7. The van der Waals surface area contributed by atoms with E-state index in [9.17, 15) is 22.8 Å². The van der Waals surface area contributed by atoms with Crippen molar-refractivity contribution < 1.29 is 22.8 Å². The summed E-state index contributed by atoms with van der Waals surface area (Å²) in [6.45, 7) is 10.3. The Hall–Kier alpha value is -3.20. The predicted octanol–water partition coefficient (Wildman–Crippen LogP) is 3.69. The lowest BCUT2D eigenvalue weighted by molar-refractivity contribution is -0.141. The van der Waals surface area contributed by atoms with Crippen LogP contribution in [-0.2, 0) is 26.2 Å². The predicted molar refractivity (Wildman–Crippen MR) is 142 cm³/mol. The van der Waals surface area contributed by atoms with Gasteiger partial charge in [-0.2, -0.15) is 0 Å². The van der Waals surface area contributed by atoms with Gasteiger partial charge in [-0.25, -0.2) is 8.42 Å². The molecule has 36 heavy (non-hydrogen) atoms. The van der Waals surface area contributed by atoms with Crippen LogP contribution in [0, 0.1) is 6.92 Å². The van der Waals surface area contributed by atoms with Crippen molar-refractivity contribution in [2.45, 2.75) is 66.1 Å². The first-order valence-corrected chi connectivity index (χ1v) is 13.7. The molecule has 2 amide bonds. The van der Waals surface area contributed by atoms with E-state index in [0.717, 1.165) is 21.7 Å². The number of hydrogen-bond acceptors (Lipinski definition) is 5. The third kappa shape index (κ3) is 8.19. The van der Waals surface area contributed by atoms with Gasteiger partial charge in [-0.15, -0.1) is 0 Å². The number of ketones is 1. The summed E-state index contributed by atoms with van der Waals surface area (Å²) >= 11 is 0. The van der Waals surface area contributed by atoms with Gasteiger partial charge in [0.25, 0.3) is 0 Å². The Labute approximate surface area is 214 Å². The quantitative estimate of drug-likeness (QED) is 0.486. The number of aryl methyl sites for hydroxylation is 1. The molecule has 0 spiro atoms. The molecular formula is C27H37N3O5S. The van der Waals surface area contributed by atoms with Gasteiger partial charge in [0.1, 0.15) is 12.6 Å². The van der Waals surface area contributed by atoms with Crippen LogP contribution < -0.4 is 9.62 Å². The van der Waals surface area contributed by atoms with E-state index in [1.807, 2.05) is 58.9 Å². The molecular weight excluding hydrogens is 478 g/mol. The van der Waals surface area contributed by atoms with E-state index in [1.54, 1.807) is 12.1 Å². The zero-order chi connectivity index (χ0) is 27.3. The van der Waals surface area contributed by atoms with Crippen LogP contribution in [-0.4, -0.2) is 55.3 Å². The minimum atomic E-state index is -3.88. The maximum absolute atomic E-state index is 13.7. The summed E-state index contributed by atoms with van der Waals surface area (Å²) in [7, 11) is -3.88. The van der Waals surface area contributed by atoms with Crippen molar-refractivity contribution in [2.24, 2.45) is 0 Å². The number of sulfonamides is 1. The molecule has 0 saturated carbocycles. The topological polar surface area (TPSA) is 104 Å². The minimum absolute atomic E-state index is 0.141. The van der Waals surface area contributed by atoms with Gasteiger partial charge in [-0.05, 0) is 58.7 Å². The van der Waals surface area contributed by atoms with Gasteiger partial charge >= 0.3 is 0 Å². The molecule has 0 bridgehead atoms. The molecule has 0 aliphatic heterocycles. The monoisotopic (exact) mass is 515 g/mol. The van der Waals surface area contributed by atoms with E-state index in [4.69, 9.17) is 0 Å². The number of Topliss-reactive ketones (excluding diaryl/α,β-unsaturated/α-hetero) is 1. The van der Waals surface area contributed by atoms with Gasteiger partial charge in [-0.1, -0.05) is 48.9 Å². The highest BCUT2D eigenvalue weighted by Gasteiger charge is 2.33. The summed E-state index contributed by atoms with van der Waals surface area (Å²) in [6, 6.07) is 13.0. The summed E-state index contributed by atoms with van der Waals surface area (Å²) in [5.74, 6) is -1.05. The summed E-state index contributed by atoms with van der Waals surface area (Å²) in [5, 5.41) is 2.94. The van der Waals surface area contributed by atoms with Crippen LogP contribution in [0.3, 0.4) is 0 Å².